The molecular weight excluding hydrogens is 594 g/mol. The summed E-state index contributed by atoms with van der Waals surface area (Å²) < 4.78 is 31.1. The minimum atomic E-state index is -1.30. The van der Waals surface area contributed by atoms with Gasteiger partial charge < -0.3 is 29.4 Å². The van der Waals surface area contributed by atoms with Crippen LogP contribution in [0.4, 0.5) is 5.82 Å². The number of carbonyl (C=O) groups excluding carboxylic acids is 3. The SMILES string of the molecule is CCOc1nn([C@@H]2O[C@H](COC(=O)c3ccccc3)[C@@H](OC(=O)c3ccccc3)[C@H]2OC(=O)c2ccccc2)c2ncnc(N)c12. The lowest BCUT2D eigenvalue weighted by atomic mass is 10.1. The van der Waals surface area contributed by atoms with E-state index in [1.165, 1.54) is 11.0 Å². The third kappa shape index (κ3) is 6.21. The number of benzene rings is 3. The number of nitrogens with two attached hydrogens (primary N) is 1. The summed E-state index contributed by atoms with van der Waals surface area (Å²) in [6, 6.07) is 25.0. The lowest BCUT2D eigenvalue weighted by Gasteiger charge is -2.24. The monoisotopic (exact) mass is 623 g/mol. The van der Waals surface area contributed by atoms with Crippen molar-refractivity contribution < 1.29 is 38.1 Å². The standard InChI is InChI=1S/C33H29N5O8/c1-2-42-29-24-27(34)35-19-36-28(24)38(37-29)30-26(46-33(41)22-16-10-5-11-17-22)25(45-32(40)21-14-8-4-9-15-21)23(44-30)18-43-31(39)20-12-6-3-7-13-20/h3-17,19,23,25-26,30H,2,18H2,1H3,(H2,34,35,36)/t23-,25-,26-,30-/m1/s1. The largest absolute Gasteiger partial charge is 0.476 e. The number of nitrogen functional groups attached to an aromatic ring is 1. The predicted octanol–water partition coefficient (Wildman–Crippen LogP) is 4.01. The summed E-state index contributed by atoms with van der Waals surface area (Å²) in [4.78, 5) is 48.2. The number of anilines is 1. The first-order valence-electron chi connectivity index (χ1n) is 14.5. The predicted molar refractivity (Wildman–Crippen MR) is 163 cm³/mol. The van der Waals surface area contributed by atoms with Gasteiger partial charge in [-0.15, -0.1) is 5.10 Å². The van der Waals surface area contributed by atoms with Crippen LogP contribution in [-0.4, -0.2) is 69.2 Å². The maximum Gasteiger partial charge on any atom is 0.338 e. The highest BCUT2D eigenvalue weighted by atomic mass is 16.7. The molecule has 6 rings (SSSR count). The van der Waals surface area contributed by atoms with Gasteiger partial charge in [-0.25, -0.2) is 29.0 Å². The van der Waals surface area contributed by atoms with E-state index in [9.17, 15) is 14.4 Å². The molecule has 1 aliphatic rings. The lowest BCUT2D eigenvalue weighted by Crippen LogP contribution is -2.41. The molecule has 46 heavy (non-hydrogen) atoms. The van der Waals surface area contributed by atoms with Crippen molar-refractivity contribution in [2.24, 2.45) is 0 Å². The Morgan fingerprint density at radius 2 is 1.33 bits per heavy atom. The second-order valence-electron chi connectivity index (χ2n) is 10.1. The first-order chi connectivity index (χ1) is 22.4. The zero-order valence-corrected chi connectivity index (χ0v) is 24.6. The Morgan fingerprint density at radius 1 is 0.783 bits per heavy atom. The number of aromatic nitrogens is 4. The van der Waals surface area contributed by atoms with Crippen LogP contribution in [0.25, 0.3) is 11.0 Å². The van der Waals surface area contributed by atoms with Crippen LogP contribution >= 0.6 is 0 Å². The molecule has 5 aromatic rings. The van der Waals surface area contributed by atoms with Crippen LogP contribution in [0, 0.1) is 0 Å². The second-order valence-corrected chi connectivity index (χ2v) is 10.1. The topological polar surface area (TPSA) is 167 Å². The van der Waals surface area contributed by atoms with Gasteiger partial charge in [0.15, 0.2) is 24.1 Å². The summed E-state index contributed by atoms with van der Waals surface area (Å²) in [5, 5.41) is 4.87. The number of ether oxygens (including phenoxy) is 5. The normalized spacial score (nSPS) is 19.0. The minimum Gasteiger partial charge on any atom is -0.476 e. The number of esters is 3. The summed E-state index contributed by atoms with van der Waals surface area (Å²) in [5.74, 6) is -1.80. The molecule has 0 radical (unpaired) electrons. The van der Waals surface area contributed by atoms with Gasteiger partial charge in [0.25, 0.3) is 0 Å². The molecule has 3 aromatic carbocycles. The first-order valence-corrected chi connectivity index (χ1v) is 14.5. The van der Waals surface area contributed by atoms with E-state index in [1.54, 1.807) is 97.9 Å². The molecule has 1 aliphatic heterocycles. The van der Waals surface area contributed by atoms with Gasteiger partial charge in [0.05, 0.1) is 23.3 Å². The molecule has 3 heterocycles. The van der Waals surface area contributed by atoms with E-state index in [0.717, 1.165) is 0 Å². The van der Waals surface area contributed by atoms with E-state index >= 15 is 0 Å². The van der Waals surface area contributed by atoms with Gasteiger partial charge in [0, 0.05) is 0 Å². The third-order valence-electron chi connectivity index (χ3n) is 7.19. The van der Waals surface area contributed by atoms with E-state index in [1.807, 2.05) is 0 Å². The van der Waals surface area contributed by atoms with Crippen molar-refractivity contribution in [3.8, 4) is 5.88 Å². The molecule has 234 valence electrons. The van der Waals surface area contributed by atoms with E-state index in [2.05, 4.69) is 15.1 Å². The molecule has 0 unspecified atom stereocenters. The van der Waals surface area contributed by atoms with Crippen molar-refractivity contribution in [1.29, 1.82) is 0 Å². The van der Waals surface area contributed by atoms with Crippen LogP contribution in [0.5, 0.6) is 5.88 Å². The quantitative estimate of drug-likeness (QED) is 0.176. The third-order valence-corrected chi connectivity index (χ3v) is 7.19. The fourth-order valence-corrected chi connectivity index (χ4v) is 5.03. The molecule has 0 spiro atoms. The minimum absolute atomic E-state index is 0.107. The molecule has 0 saturated carbocycles. The Labute approximate surface area is 262 Å². The van der Waals surface area contributed by atoms with Gasteiger partial charge >= 0.3 is 17.9 Å². The summed E-state index contributed by atoms with van der Waals surface area (Å²) in [5.41, 5.74) is 7.21. The van der Waals surface area contributed by atoms with Crippen molar-refractivity contribution in [2.75, 3.05) is 18.9 Å². The molecule has 13 nitrogen and oxygen atoms in total. The molecule has 13 heteroatoms. The van der Waals surface area contributed by atoms with Crippen molar-refractivity contribution in [3.05, 3.63) is 114 Å². The maximum atomic E-state index is 13.5. The molecule has 2 N–H and O–H groups in total. The van der Waals surface area contributed by atoms with Crippen molar-refractivity contribution >= 4 is 34.8 Å². The summed E-state index contributed by atoms with van der Waals surface area (Å²) in [6.07, 6.45) is -3.64. The molecule has 1 saturated heterocycles. The Balaban J connectivity index is 1.41. The fourth-order valence-electron chi connectivity index (χ4n) is 5.03. The average molecular weight is 624 g/mol. The van der Waals surface area contributed by atoms with Crippen molar-refractivity contribution in [3.63, 3.8) is 0 Å². The lowest BCUT2D eigenvalue weighted by molar-refractivity contribution is -0.0657. The van der Waals surface area contributed by atoms with E-state index < -0.39 is 42.4 Å². The zero-order chi connectivity index (χ0) is 32.0. The molecule has 2 aromatic heterocycles. The smallest absolute Gasteiger partial charge is 0.338 e. The highest BCUT2D eigenvalue weighted by molar-refractivity contribution is 5.92. The maximum absolute atomic E-state index is 13.5. The first kappa shape index (κ1) is 30.2. The van der Waals surface area contributed by atoms with Crippen molar-refractivity contribution in [2.45, 2.75) is 31.5 Å². The van der Waals surface area contributed by atoms with Crippen LogP contribution in [-0.2, 0) is 18.9 Å². The highest BCUT2D eigenvalue weighted by Crippen LogP contribution is 2.39. The van der Waals surface area contributed by atoms with E-state index in [4.69, 9.17) is 29.4 Å². The molecular formula is C33H29N5O8. The van der Waals surface area contributed by atoms with Crippen molar-refractivity contribution in [1.82, 2.24) is 19.7 Å². The van der Waals surface area contributed by atoms with Gasteiger partial charge in [0.1, 0.15) is 30.2 Å². The number of rotatable bonds is 10. The number of fused-ring (bicyclic) bond motifs is 1. The van der Waals surface area contributed by atoms with Crippen LogP contribution in [0.15, 0.2) is 97.3 Å². The van der Waals surface area contributed by atoms with Crippen LogP contribution in [0.2, 0.25) is 0 Å². The van der Waals surface area contributed by atoms with E-state index in [0.29, 0.717) is 10.9 Å². The highest BCUT2D eigenvalue weighted by Gasteiger charge is 2.52. The summed E-state index contributed by atoms with van der Waals surface area (Å²) in [7, 11) is 0. The Hall–Kier alpha value is -5.82. The molecule has 4 atom stereocenters. The van der Waals surface area contributed by atoms with Gasteiger partial charge in [-0.1, -0.05) is 54.6 Å². The number of carbonyl (C=O) groups is 3. The number of hydrogen-bond donors (Lipinski definition) is 1. The van der Waals surface area contributed by atoms with Crippen LogP contribution in [0.1, 0.15) is 44.2 Å². The van der Waals surface area contributed by atoms with Crippen LogP contribution < -0.4 is 10.5 Å². The van der Waals surface area contributed by atoms with Gasteiger partial charge in [-0.2, -0.15) is 0 Å². The molecule has 1 fully saturated rings. The van der Waals surface area contributed by atoms with E-state index in [-0.39, 0.29) is 41.7 Å². The second kappa shape index (κ2) is 13.4. The average Bonchev–Trinajstić information content (AvgIpc) is 3.62. The zero-order valence-electron chi connectivity index (χ0n) is 24.6. The molecule has 0 bridgehead atoms. The number of hydrogen-bond acceptors (Lipinski definition) is 12. The van der Waals surface area contributed by atoms with Gasteiger partial charge in [0.2, 0.25) is 5.88 Å². The fraction of sp³-hybridized carbons (Fsp3) is 0.212. The Morgan fingerprint density at radius 3 is 1.89 bits per heavy atom. The molecule has 0 aliphatic carbocycles. The molecule has 0 amide bonds. The van der Waals surface area contributed by atoms with Gasteiger partial charge in [-0.3, -0.25) is 0 Å². The number of nitrogens with zero attached hydrogens (tertiary/aromatic N) is 4. The van der Waals surface area contributed by atoms with Gasteiger partial charge in [-0.05, 0) is 43.3 Å². The Kier molecular flexibility index (Phi) is 8.83. The van der Waals surface area contributed by atoms with Crippen LogP contribution in [0.3, 0.4) is 0 Å². The summed E-state index contributed by atoms with van der Waals surface area (Å²) in [6.45, 7) is 1.68. The summed E-state index contributed by atoms with van der Waals surface area (Å²) >= 11 is 0. The Bertz CT molecular complexity index is 1830.